The Morgan fingerprint density at radius 2 is 2.07 bits per heavy atom. The lowest BCUT2D eigenvalue weighted by molar-refractivity contribution is 0.437. The van der Waals surface area contributed by atoms with Crippen LogP contribution in [0, 0.1) is 0 Å². The van der Waals surface area contributed by atoms with E-state index in [0.29, 0.717) is 16.6 Å². The molecule has 6 heteroatoms. The molecule has 0 atom stereocenters. The number of hydrogen-bond donors (Lipinski definition) is 2. The van der Waals surface area contributed by atoms with Crippen molar-refractivity contribution in [2.45, 2.75) is 6.54 Å². The van der Waals surface area contributed by atoms with Crippen LogP contribution in [0.4, 0.5) is 0 Å². The quantitative estimate of drug-likeness (QED) is 0.478. The van der Waals surface area contributed by atoms with Crippen molar-refractivity contribution in [2.24, 2.45) is 11.6 Å². The summed E-state index contributed by atoms with van der Waals surface area (Å²) < 4.78 is 0. The van der Waals surface area contributed by atoms with E-state index in [1.807, 2.05) is 0 Å². The van der Waals surface area contributed by atoms with Crippen molar-refractivity contribution in [1.82, 2.24) is 5.01 Å². The number of hydrogen-bond acceptors (Lipinski definition) is 2. The van der Waals surface area contributed by atoms with Gasteiger partial charge in [0, 0.05) is 10.0 Å². The first-order chi connectivity index (χ1) is 6.50. The van der Waals surface area contributed by atoms with Crippen LogP contribution in [-0.2, 0) is 6.54 Å². The van der Waals surface area contributed by atoms with Gasteiger partial charge in [0.2, 0.25) is 0 Å². The lowest BCUT2D eigenvalue weighted by Gasteiger charge is -2.16. The number of benzene rings is 1. The maximum Gasteiger partial charge on any atom is 0.180 e. The van der Waals surface area contributed by atoms with Crippen LogP contribution in [0.5, 0.6) is 0 Å². The van der Waals surface area contributed by atoms with Crippen molar-refractivity contribution in [3.8, 4) is 0 Å². The number of halogens is 2. The lowest BCUT2D eigenvalue weighted by atomic mass is 10.2. The minimum atomic E-state index is 0.112. The highest BCUT2D eigenvalue weighted by Crippen LogP contribution is 2.21. The van der Waals surface area contributed by atoms with Gasteiger partial charge in [-0.2, -0.15) is 0 Å². The van der Waals surface area contributed by atoms with Gasteiger partial charge in [0.05, 0.1) is 6.54 Å². The summed E-state index contributed by atoms with van der Waals surface area (Å²) >= 11 is 16.4. The Hall–Kier alpha value is -0.550. The molecule has 0 fully saturated rings. The monoisotopic (exact) mass is 249 g/mol. The summed E-state index contributed by atoms with van der Waals surface area (Å²) in [4.78, 5) is 0. The Labute approximate surface area is 97.5 Å². The summed E-state index contributed by atoms with van der Waals surface area (Å²) in [5, 5.41) is 2.52. The average molecular weight is 250 g/mol. The van der Waals surface area contributed by atoms with E-state index in [1.54, 1.807) is 18.2 Å². The zero-order valence-corrected chi connectivity index (χ0v) is 9.53. The predicted molar refractivity (Wildman–Crippen MR) is 63.0 cm³/mol. The molecule has 0 aliphatic rings. The van der Waals surface area contributed by atoms with Crippen molar-refractivity contribution < 1.29 is 0 Å². The molecule has 0 unspecified atom stereocenters. The highest BCUT2D eigenvalue weighted by atomic mass is 35.5. The van der Waals surface area contributed by atoms with Crippen molar-refractivity contribution in [1.29, 1.82) is 0 Å². The van der Waals surface area contributed by atoms with Gasteiger partial charge < -0.3 is 5.73 Å². The van der Waals surface area contributed by atoms with Crippen LogP contribution >= 0.6 is 35.4 Å². The fourth-order valence-corrected chi connectivity index (χ4v) is 1.36. The summed E-state index contributed by atoms with van der Waals surface area (Å²) in [7, 11) is 0. The Bertz CT molecular complexity index is 356. The second-order valence-electron chi connectivity index (χ2n) is 2.70. The van der Waals surface area contributed by atoms with Crippen molar-refractivity contribution in [3.63, 3.8) is 0 Å². The molecular formula is C8H9Cl2N3S. The minimum absolute atomic E-state index is 0.112. The van der Waals surface area contributed by atoms with Gasteiger partial charge in [-0.25, -0.2) is 5.84 Å². The Kier molecular flexibility index (Phi) is 3.95. The predicted octanol–water partition coefficient (Wildman–Crippen LogP) is 1.91. The van der Waals surface area contributed by atoms with E-state index < -0.39 is 0 Å². The molecule has 14 heavy (non-hydrogen) atoms. The van der Waals surface area contributed by atoms with Gasteiger partial charge in [-0.1, -0.05) is 23.2 Å². The highest BCUT2D eigenvalue weighted by molar-refractivity contribution is 7.80. The van der Waals surface area contributed by atoms with Gasteiger partial charge in [0.1, 0.15) is 0 Å². The molecule has 3 nitrogen and oxygen atoms in total. The summed E-state index contributed by atoms with van der Waals surface area (Å²) in [5.41, 5.74) is 6.11. The van der Waals surface area contributed by atoms with Gasteiger partial charge in [-0.15, -0.1) is 0 Å². The largest absolute Gasteiger partial charge is 0.375 e. The first-order valence-electron chi connectivity index (χ1n) is 3.76. The van der Waals surface area contributed by atoms with E-state index in [9.17, 15) is 0 Å². The molecule has 0 radical (unpaired) electrons. The van der Waals surface area contributed by atoms with E-state index in [4.69, 9.17) is 47.0 Å². The molecule has 0 amide bonds. The third-order valence-electron chi connectivity index (χ3n) is 1.63. The van der Waals surface area contributed by atoms with E-state index in [-0.39, 0.29) is 5.11 Å². The molecule has 0 saturated heterocycles. The van der Waals surface area contributed by atoms with Crippen LogP contribution in [0.2, 0.25) is 10.0 Å². The molecule has 1 rings (SSSR count). The van der Waals surface area contributed by atoms with Crippen LogP contribution in [0.15, 0.2) is 18.2 Å². The second-order valence-corrected chi connectivity index (χ2v) is 3.96. The molecule has 1 aromatic carbocycles. The second kappa shape index (κ2) is 4.79. The molecule has 0 bridgehead atoms. The molecular weight excluding hydrogens is 241 g/mol. The Balaban J connectivity index is 2.85. The molecule has 0 aliphatic carbocycles. The molecule has 1 aromatic rings. The van der Waals surface area contributed by atoms with Crippen LogP contribution in [0.1, 0.15) is 5.56 Å². The molecule has 0 aliphatic heterocycles. The number of rotatable bonds is 2. The maximum absolute atomic E-state index is 5.92. The number of nitrogens with two attached hydrogens (primary N) is 2. The van der Waals surface area contributed by atoms with Crippen LogP contribution in [-0.4, -0.2) is 10.1 Å². The van der Waals surface area contributed by atoms with Crippen molar-refractivity contribution in [2.75, 3.05) is 0 Å². The minimum Gasteiger partial charge on any atom is -0.375 e. The van der Waals surface area contributed by atoms with Gasteiger partial charge in [0.25, 0.3) is 0 Å². The van der Waals surface area contributed by atoms with Crippen LogP contribution in [0.25, 0.3) is 0 Å². The third-order valence-corrected chi connectivity index (χ3v) is 2.47. The Morgan fingerprint density at radius 3 is 2.64 bits per heavy atom. The average Bonchev–Trinajstić information content (AvgIpc) is 2.11. The standard InChI is InChI=1S/C8H9Cl2N3S/c9-6-1-2-7(10)5(3-6)4-13(12)8(11)14/h1-3H,4,12H2,(H2,11,14). The lowest BCUT2D eigenvalue weighted by Crippen LogP contribution is -2.40. The molecule has 76 valence electrons. The van der Waals surface area contributed by atoms with Gasteiger partial charge >= 0.3 is 0 Å². The SMILES string of the molecule is NC(=S)N(N)Cc1cc(Cl)ccc1Cl. The topological polar surface area (TPSA) is 55.3 Å². The summed E-state index contributed by atoms with van der Waals surface area (Å²) in [6.45, 7) is 0.342. The number of thiocarbonyl (C=S) groups is 1. The third kappa shape index (κ3) is 2.99. The summed E-state index contributed by atoms with van der Waals surface area (Å²) in [6, 6.07) is 5.13. The summed E-state index contributed by atoms with van der Waals surface area (Å²) in [5.74, 6) is 5.53. The van der Waals surface area contributed by atoms with Crippen molar-refractivity contribution >= 4 is 40.5 Å². The molecule has 0 saturated carbocycles. The van der Waals surface area contributed by atoms with E-state index >= 15 is 0 Å². The fraction of sp³-hybridized carbons (Fsp3) is 0.125. The van der Waals surface area contributed by atoms with E-state index in [2.05, 4.69) is 0 Å². The first-order valence-corrected chi connectivity index (χ1v) is 4.92. The smallest absolute Gasteiger partial charge is 0.180 e. The highest BCUT2D eigenvalue weighted by Gasteiger charge is 2.06. The Morgan fingerprint density at radius 1 is 1.43 bits per heavy atom. The zero-order valence-electron chi connectivity index (χ0n) is 7.21. The fourth-order valence-electron chi connectivity index (χ4n) is 0.926. The van der Waals surface area contributed by atoms with Crippen LogP contribution < -0.4 is 11.6 Å². The molecule has 0 spiro atoms. The number of hydrazine groups is 1. The number of nitrogens with zero attached hydrogens (tertiary/aromatic N) is 1. The normalized spacial score (nSPS) is 9.93. The molecule has 0 heterocycles. The maximum atomic E-state index is 5.92. The van der Waals surface area contributed by atoms with Crippen molar-refractivity contribution in [3.05, 3.63) is 33.8 Å². The van der Waals surface area contributed by atoms with E-state index in [0.717, 1.165) is 5.56 Å². The first kappa shape index (κ1) is 11.5. The van der Waals surface area contributed by atoms with Gasteiger partial charge in [-0.3, -0.25) is 5.01 Å². The van der Waals surface area contributed by atoms with Gasteiger partial charge in [-0.05, 0) is 36.0 Å². The molecule has 4 N–H and O–H groups in total. The van der Waals surface area contributed by atoms with Gasteiger partial charge in [0.15, 0.2) is 5.11 Å². The summed E-state index contributed by atoms with van der Waals surface area (Å²) in [6.07, 6.45) is 0. The van der Waals surface area contributed by atoms with E-state index in [1.165, 1.54) is 5.01 Å². The van der Waals surface area contributed by atoms with Crippen LogP contribution in [0.3, 0.4) is 0 Å². The molecule has 0 aromatic heterocycles. The zero-order chi connectivity index (χ0) is 10.7.